The number of anilines is 1. The van der Waals surface area contributed by atoms with E-state index in [2.05, 4.69) is 4.98 Å². The number of likely N-dealkylation sites (tertiary alicyclic amines) is 1. The molecule has 1 amide bonds. The molecule has 110 valence electrons. The van der Waals surface area contributed by atoms with Crippen molar-refractivity contribution in [1.29, 1.82) is 0 Å². The Morgan fingerprint density at radius 2 is 2.33 bits per heavy atom. The number of likely N-dealkylation sites (N-methyl/N-ethyl adjacent to an activating group) is 1. The molecule has 1 fully saturated rings. The Morgan fingerprint density at radius 1 is 1.52 bits per heavy atom. The molecule has 1 N–H and O–H groups in total. The third-order valence-electron chi connectivity index (χ3n) is 4.03. The fraction of sp³-hybridized carbons (Fsp3) is 0.333. The van der Waals surface area contributed by atoms with Crippen molar-refractivity contribution in [3.8, 4) is 0 Å². The van der Waals surface area contributed by atoms with Gasteiger partial charge in [0, 0.05) is 37.3 Å². The van der Waals surface area contributed by atoms with Crippen LogP contribution < -0.4 is 4.90 Å². The minimum Gasteiger partial charge on any atom is -0.465 e. The van der Waals surface area contributed by atoms with E-state index in [1.54, 1.807) is 0 Å². The monoisotopic (exact) mass is 289 g/mol. The maximum absolute atomic E-state index is 13.5. The molecule has 0 aliphatic carbocycles. The van der Waals surface area contributed by atoms with Crippen LogP contribution in [0.1, 0.15) is 6.42 Å². The van der Waals surface area contributed by atoms with Gasteiger partial charge in [-0.1, -0.05) is 6.07 Å². The molecule has 1 aliphatic rings. The Kier molecular flexibility index (Phi) is 3.37. The molecule has 0 radical (unpaired) electrons. The number of aromatic nitrogens is 1. The van der Waals surface area contributed by atoms with Gasteiger partial charge in [-0.2, -0.15) is 0 Å². The number of fused-ring (bicyclic) bond motifs is 1. The summed E-state index contributed by atoms with van der Waals surface area (Å²) in [5, 5.41) is 9.78. The first-order chi connectivity index (χ1) is 10.1. The second-order valence-electron chi connectivity index (χ2n) is 5.28. The molecular weight excluding hydrogens is 273 g/mol. The summed E-state index contributed by atoms with van der Waals surface area (Å²) in [6, 6.07) is 7.19. The van der Waals surface area contributed by atoms with Crippen molar-refractivity contribution in [3.63, 3.8) is 0 Å². The molecule has 0 bridgehead atoms. The Morgan fingerprint density at radius 3 is 3.05 bits per heavy atom. The Labute approximate surface area is 121 Å². The molecule has 1 aliphatic heterocycles. The molecule has 1 aromatic heterocycles. The largest absolute Gasteiger partial charge is 0.465 e. The Bertz CT molecular complexity index is 692. The predicted octanol–water partition coefficient (Wildman–Crippen LogP) is 2.56. The number of rotatable bonds is 2. The van der Waals surface area contributed by atoms with Gasteiger partial charge >= 0.3 is 6.09 Å². The van der Waals surface area contributed by atoms with Crippen LogP contribution in [0.2, 0.25) is 0 Å². The first-order valence-electron chi connectivity index (χ1n) is 6.81. The molecule has 0 unspecified atom stereocenters. The lowest BCUT2D eigenvalue weighted by atomic mass is 10.1. The zero-order valence-electron chi connectivity index (χ0n) is 11.7. The highest BCUT2D eigenvalue weighted by Gasteiger charge is 2.29. The number of pyridine rings is 1. The van der Waals surface area contributed by atoms with E-state index in [9.17, 15) is 9.18 Å². The van der Waals surface area contributed by atoms with Gasteiger partial charge in [0.05, 0.1) is 11.7 Å². The normalized spacial score (nSPS) is 18.2. The van der Waals surface area contributed by atoms with Gasteiger partial charge in [0.2, 0.25) is 0 Å². The third-order valence-corrected chi connectivity index (χ3v) is 4.03. The second kappa shape index (κ2) is 5.20. The van der Waals surface area contributed by atoms with E-state index < -0.39 is 6.09 Å². The van der Waals surface area contributed by atoms with Crippen molar-refractivity contribution in [2.75, 3.05) is 25.0 Å². The highest BCUT2D eigenvalue weighted by Crippen LogP contribution is 2.29. The summed E-state index contributed by atoms with van der Waals surface area (Å²) in [6.45, 7) is 0.993. The van der Waals surface area contributed by atoms with Gasteiger partial charge in [0.1, 0.15) is 5.82 Å². The number of carboxylic acid groups (broad SMARTS) is 1. The van der Waals surface area contributed by atoms with Crippen molar-refractivity contribution in [3.05, 3.63) is 36.3 Å². The van der Waals surface area contributed by atoms with Crippen molar-refractivity contribution in [2.24, 2.45) is 0 Å². The van der Waals surface area contributed by atoms with Gasteiger partial charge in [-0.15, -0.1) is 0 Å². The van der Waals surface area contributed by atoms with Crippen LogP contribution in [-0.2, 0) is 0 Å². The number of hydrogen-bond donors (Lipinski definition) is 1. The van der Waals surface area contributed by atoms with Gasteiger partial charge in [-0.3, -0.25) is 4.98 Å². The molecule has 5 nitrogen and oxygen atoms in total. The molecule has 0 spiro atoms. The van der Waals surface area contributed by atoms with Crippen LogP contribution in [-0.4, -0.2) is 47.3 Å². The number of halogens is 1. The van der Waals surface area contributed by atoms with E-state index in [0.29, 0.717) is 13.1 Å². The Balaban J connectivity index is 1.93. The van der Waals surface area contributed by atoms with Gasteiger partial charge in [0.15, 0.2) is 0 Å². The summed E-state index contributed by atoms with van der Waals surface area (Å²) in [5.74, 6) is -0.373. The lowest BCUT2D eigenvalue weighted by Crippen LogP contribution is -2.36. The standard InChI is InChI=1S/C15H16FN3O2/c1-18(11-5-6-19(9-11)15(20)21)14-4-2-3-13-12(14)7-10(16)8-17-13/h2-4,7-8,11H,5-6,9H2,1H3,(H,20,21)/t11-/m0/s1. The molecule has 1 saturated heterocycles. The molecule has 2 aromatic rings. The van der Waals surface area contributed by atoms with Crippen molar-refractivity contribution >= 4 is 22.7 Å². The van der Waals surface area contributed by atoms with E-state index in [-0.39, 0.29) is 11.9 Å². The zero-order chi connectivity index (χ0) is 15.0. The van der Waals surface area contributed by atoms with Crippen molar-refractivity contribution in [2.45, 2.75) is 12.5 Å². The first-order valence-corrected chi connectivity index (χ1v) is 6.81. The molecular formula is C15H16FN3O2. The van der Waals surface area contributed by atoms with Crippen LogP contribution >= 0.6 is 0 Å². The highest BCUT2D eigenvalue weighted by molar-refractivity contribution is 5.91. The van der Waals surface area contributed by atoms with Gasteiger partial charge in [-0.05, 0) is 24.6 Å². The minimum absolute atomic E-state index is 0.0926. The number of benzene rings is 1. The van der Waals surface area contributed by atoms with Crippen molar-refractivity contribution < 1.29 is 14.3 Å². The first kappa shape index (κ1) is 13.6. The van der Waals surface area contributed by atoms with E-state index in [1.807, 2.05) is 30.1 Å². The molecule has 3 rings (SSSR count). The summed E-state index contributed by atoms with van der Waals surface area (Å²) in [6.07, 6.45) is 1.08. The topological polar surface area (TPSA) is 56.7 Å². The van der Waals surface area contributed by atoms with Crippen LogP contribution in [0.25, 0.3) is 10.9 Å². The SMILES string of the molecule is CN(c1cccc2ncc(F)cc12)[C@H]1CCN(C(=O)O)C1. The van der Waals surface area contributed by atoms with Crippen LogP contribution in [0.15, 0.2) is 30.5 Å². The summed E-state index contributed by atoms with van der Waals surface area (Å²) in [7, 11) is 1.91. The molecule has 6 heteroatoms. The fourth-order valence-corrected chi connectivity index (χ4v) is 2.84. The number of amides is 1. The maximum atomic E-state index is 13.5. The zero-order valence-corrected chi connectivity index (χ0v) is 11.7. The molecule has 21 heavy (non-hydrogen) atoms. The molecule has 2 heterocycles. The predicted molar refractivity (Wildman–Crippen MR) is 78.1 cm³/mol. The van der Waals surface area contributed by atoms with Gasteiger partial charge < -0.3 is 14.9 Å². The molecule has 1 atom stereocenters. The fourth-order valence-electron chi connectivity index (χ4n) is 2.84. The quantitative estimate of drug-likeness (QED) is 0.923. The van der Waals surface area contributed by atoms with E-state index in [0.717, 1.165) is 23.0 Å². The lowest BCUT2D eigenvalue weighted by Gasteiger charge is -2.27. The summed E-state index contributed by atoms with van der Waals surface area (Å²) >= 11 is 0. The van der Waals surface area contributed by atoms with Gasteiger partial charge in [-0.25, -0.2) is 9.18 Å². The summed E-state index contributed by atoms with van der Waals surface area (Å²) in [4.78, 5) is 18.5. The Hall–Kier alpha value is -2.37. The molecule has 1 aromatic carbocycles. The average molecular weight is 289 g/mol. The van der Waals surface area contributed by atoms with Crippen LogP contribution in [0.3, 0.4) is 0 Å². The van der Waals surface area contributed by atoms with Gasteiger partial charge in [0.25, 0.3) is 0 Å². The maximum Gasteiger partial charge on any atom is 0.407 e. The summed E-state index contributed by atoms with van der Waals surface area (Å²) < 4.78 is 13.5. The van der Waals surface area contributed by atoms with E-state index >= 15 is 0 Å². The minimum atomic E-state index is -0.892. The van der Waals surface area contributed by atoms with E-state index in [1.165, 1.54) is 17.2 Å². The van der Waals surface area contributed by atoms with Crippen LogP contribution in [0.5, 0.6) is 0 Å². The third kappa shape index (κ3) is 2.49. The van der Waals surface area contributed by atoms with E-state index in [4.69, 9.17) is 5.11 Å². The van der Waals surface area contributed by atoms with Crippen LogP contribution in [0.4, 0.5) is 14.9 Å². The van der Waals surface area contributed by atoms with Crippen molar-refractivity contribution in [1.82, 2.24) is 9.88 Å². The summed E-state index contributed by atoms with van der Waals surface area (Å²) in [5.41, 5.74) is 1.60. The lowest BCUT2D eigenvalue weighted by molar-refractivity contribution is 0.155. The van der Waals surface area contributed by atoms with Crippen LogP contribution in [0, 0.1) is 5.82 Å². The average Bonchev–Trinajstić information content (AvgIpc) is 2.96. The number of nitrogens with zero attached hydrogens (tertiary/aromatic N) is 3. The second-order valence-corrected chi connectivity index (χ2v) is 5.28. The number of carbonyl (C=O) groups is 1. The number of hydrogen-bond acceptors (Lipinski definition) is 3. The molecule has 0 saturated carbocycles. The highest BCUT2D eigenvalue weighted by atomic mass is 19.1. The smallest absolute Gasteiger partial charge is 0.407 e.